The molecular weight excluding hydrogens is 517 g/mol. The van der Waals surface area contributed by atoms with Crippen molar-refractivity contribution in [3.8, 4) is 0 Å². The van der Waals surface area contributed by atoms with Crippen molar-refractivity contribution < 1.29 is 44.7 Å². The molecule has 127 valence electrons. The van der Waals surface area contributed by atoms with Gasteiger partial charge in [0.25, 0.3) is 0 Å². The van der Waals surface area contributed by atoms with Crippen LogP contribution in [0.15, 0.2) is 12.3 Å². The van der Waals surface area contributed by atoms with Gasteiger partial charge < -0.3 is 33.6 Å². The average molecular weight is 535 g/mol. The van der Waals surface area contributed by atoms with E-state index in [9.17, 15) is 0 Å². The first-order valence-electron chi connectivity index (χ1n) is 4.47. The molecule has 2 heterocycles. The van der Waals surface area contributed by atoms with Gasteiger partial charge in [-0.25, -0.2) is 6.67 Å². The van der Waals surface area contributed by atoms with Crippen LogP contribution in [-0.2, 0) is 44.7 Å². The Hall–Kier alpha value is 1.82. The van der Waals surface area contributed by atoms with Crippen LogP contribution in [0.5, 0.6) is 0 Å². The predicted octanol–water partition coefficient (Wildman–Crippen LogP) is 5.43. The Balaban J connectivity index is -0.0000000489. The molecule has 2 aliphatic rings. The second-order valence-corrected chi connectivity index (χ2v) is 7.81. The third kappa shape index (κ3) is 33.0. The molecule has 0 atom stereocenters. The van der Waals surface area contributed by atoms with Crippen molar-refractivity contribution in [1.82, 2.24) is 0 Å². The van der Waals surface area contributed by atoms with Crippen LogP contribution in [0.1, 0.15) is 6.42 Å². The molecule has 0 unspecified atom stereocenters. The minimum atomic E-state index is 0. The van der Waals surface area contributed by atoms with Crippen molar-refractivity contribution in [3.63, 3.8) is 0 Å². The van der Waals surface area contributed by atoms with Gasteiger partial charge in [-0.2, -0.15) is 19.3 Å². The molecule has 11 heteroatoms. The number of nitrogens with two attached hydrogens (primary N) is 2. The van der Waals surface area contributed by atoms with E-state index in [1.807, 2.05) is 6.08 Å². The molecule has 0 aliphatic carbocycles. The molecule has 4 N–H and O–H groups in total. The normalized spacial score (nSPS) is 15.1. The number of rotatable bonds is 0. The summed E-state index contributed by atoms with van der Waals surface area (Å²) in [4.78, 5) is 0. The summed E-state index contributed by atoms with van der Waals surface area (Å²) in [5, 5.41) is 15.8. The average Bonchev–Trinajstić information content (AvgIpc) is 2.35. The van der Waals surface area contributed by atoms with Crippen LogP contribution < -0.4 is 0 Å². The van der Waals surface area contributed by atoms with Crippen LogP contribution in [0.2, 0.25) is 0 Å². The largest absolute Gasteiger partial charge is 0.693 e. The summed E-state index contributed by atoms with van der Waals surface area (Å²) in [5.41, 5.74) is 0. The van der Waals surface area contributed by atoms with Crippen LogP contribution in [0.3, 0.4) is 0 Å². The first-order chi connectivity index (χ1) is 7.41. The van der Waals surface area contributed by atoms with Crippen LogP contribution in [0.25, 0.3) is 33.6 Å². The Morgan fingerprint density at radius 3 is 1.53 bits per heavy atom. The standard InChI is InChI=1S/C4H8N2.C4H6N2.2BrH.3Co.2H2N/c2*1-2-5-4-6-3-1;;;;;;;/h1-4H2;1-2H,3-4H2;2*1H;;;;2*1H2/q2*-2;;;;;+2;2*-1/p-2. The summed E-state index contributed by atoms with van der Waals surface area (Å²) >= 11 is 7.12. The Labute approximate surface area is 157 Å². The van der Waals surface area contributed by atoms with Gasteiger partial charge in [-0.05, 0) is 0 Å². The zero-order chi connectivity index (χ0) is 11.2. The van der Waals surface area contributed by atoms with E-state index in [1.165, 1.54) is 6.42 Å². The third-order valence-corrected chi connectivity index (χ3v) is 1.46. The first-order valence-corrected chi connectivity index (χ1v) is 9.61. The van der Waals surface area contributed by atoms with Gasteiger partial charge in [0.2, 0.25) is 0 Å². The summed E-state index contributed by atoms with van der Waals surface area (Å²) in [5.74, 6) is 0. The molecule has 2 aliphatic heterocycles. The van der Waals surface area contributed by atoms with Crippen molar-refractivity contribution in [2.45, 2.75) is 6.42 Å². The van der Waals surface area contributed by atoms with Crippen LogP contribution in [-0.4, -0.2) is 33.0 Å². The van der Waals surface area contributed by atoms with Crippen molar-refractivity contribution in [2.75, 3.05) is 33.0 Å². The van der Waals surface area contributed by atoms with E-state index in [4.69, 9.17) is 0 Å². The first kappa shape index (κ1) is 32.7. The summed E-state index contributed by atoms with van der Waals surface area (Å²) in [6.07, 6.45) is 4.90. The predicted molar refractivity (Wildman–Crippen MR) is 80.0 cm³/mol. The zero-order valence-electron chi connectivity index (χ0n) is 10.1. The van der Waals surface area contributed by atoms with Crippen LogP contribution >= 0.6 is 28.3 Å². The van der Waals surface area contributed by atoms with Gasteiger partial charge >= 0.3 is 39.5 Å². The molecular formula is C8H18Br2Co3N6-6. The SMILES string of the molecule is C1=C[N-]C[N-]C1.C1C[N-]C[N-]C1.[Br][Co][Br].[Co].[Co].[NH2-].[NH2-]. The van der Waals surface area contributed by atoms with Crippen LogP contribution in [0.4, 0.5) is 0 Å². The number of hydrogen-bond acceptors (Lipinski definition) is 0. The Morgan fingerprint density at radius 2 is 1.42 bits per heavy atom. The molecule has 19 heavy (non-hydrogen) atoms. The van der Waals surface area contributed by atoms with Crippen molar-refractivity contribution in [1.29, 1.82) is 0 Å². The summed E-state index contributed by atoms with van der Waals surface area (Å²) in [6, 6.07) is 0. The molecule has 1 saturated heterocycles. The maximum Gasteiger partial charge on any atom is 0 e. The van der Waals surface area contributed by atoms with Crippen molar-refractivity contribution >= 4 is 28.3 Å². The van der Waals surface area contributed by atoms with E-state index in [1.54, 1.807) is 6.20 Å². The fourth-order valence-corrected chi connectivity index (χ4v) is 0.865. The second kappa shape index (κ2) is 32.0. The molecule has 0 bridgehead atoms. The molecule has 0 amide bonds. The molecule has 0 aromatic rings. The van der Waals surface area contributed by atoms with Gasteiger partial charge in [0, 0.05) is 33.6 Å². The maximum absolute atomic E-state index is 4.01. The van der Waals surface area contributed by atoms with E-state index in [2.05, 4.69) is 49.6 Å². The Morgan fingerprint density at radius 1 is 0.895 bits per heavy atom. The summed E-state index contributed by atoms with van der Waals surface area (Å²) < 4.78 is 0. The molecule has 0 aromatic carbocycles. The zero-order valence-corrected chi connectivity index (χ0v) is 16.4. The van der Waals surface area contributed by atoms with Gasteiger partial charge in [-0.1, -0.05) is 6.42 Å². The molecule has 1 fully saturated rings. The Kier molecular flexibility index (Phi) is 55.0. The monoisotopic (exact) mass is 533 g/mol. The summed E-state index contributed by atoms with van der Waals surface area (Å²) in [6.45, 7) is 4.33. The number of nitrogens with zero attached hydrogens (tertiary/aromatic N) is 4. The van der Waals surface area contributed by atoms with Crippen molar-refractivity contribution in [2.24, 2.45) is 0 Å². The fourth-order valence-electron chi connectivity index (χ4n) is 0.865. The number of halogens is 2. The third-order valence-electron chi connectivity index (χ3n) is 1.46. The van der Waals surface area contributed by atoms with Gasteiger partial charge in [-0.15, -0.1) is 12.6 Å². The molecule has 6 nitrogen and oxygen atoms in total. The minimum absolute atomic E-state index is 0. The molecule has 0 saturated carbocycles. The maximum atomic E-state index is 4.01. The van der Waals surface area contributed by atoms with Crippen molar-refractivity contribution in [3.05, 3.63) is 45.8 Å². The molecule has 0 aromatic heterocycles. The van der Waals surface area contributed by atoms with E-state index >= 15 is 0 Å². The smallest absolute Gasteiger partial charge is 0 e. The van der Waals surface area contributed by atoms with E-state index < -0.39 is 0 Å². The van der Waals surface area contributed by atoms with Crippen LogP contribution in [0, 0.1) is 0 Å². The molecule has 2 rings (SSSR count). The van der Waals surface area contributed by atoms with E-state index in [0.29, 0.717) is 6.67 Å². The minimum Gasteiger partial charge on any atom is -0.693 e. The second-order valence-electron chi connectivity index (χ2n) is 2.55. The topological polar surface area (TPSA) is 123 Å². The fraction of sp³-hybridized carbons (Fsp3) is 0.750. The van der Waals surface area contributed by atoms with E-state index in [0.717, 1.165) is 37.4 Å². The van der Waals surface area contributed by atoms with Gasteiger partial charge in [-0.3, -0.25) is 6.67 Å². The van der Waals surface area contributed by atoms with Gasteiger partial charge in [0.1, 0.15) is 0 Å². The van der Waals surface area contributed by atoms with Gasteiger partial charge in [0.05, 0.1) is 0 Å². The number of hydrogen-bond donors (Lipinski definition) is 0. The van der Waals surface area contributed by atoms with Gasteiger partial charge in [0.15, 0.2) is 0 Å². The molecule has 0 spiro atoms. The Bertz CT molecular complexity index is 135. The van der Waals surface area contributed by atoms with E-state index in [-0.39, 0.29) is 45.9 Å². The molecule has 2 radical (unpaired) electrons. The quantitative estimate of drug-likeness (QED) is 0.393. The summed E-state index contributed by atoms with van der Waals surface area (Å²) in [7, 11) is 0.